The van der Waals surface area contributed by atoms with E-state index in [2.05, 4.69) is 4.99 Å². The van der Waals surface area contributed by atoms with E-state index >= 15 is 0 Å². The number of amides is 1. The van der Waals surface area contributed by atoms with Crippen LogP contribution in [0, 0.1) is 10.1 Å². The van der Waals surface area contributed by atoms with Crippen molar-refractivity contribution in [2.45, 2.75) is 26.8 Å². The van der Waals surface area contributed by atoms with Crippen molar-refractivity contribution in [2.24, 2.45) is 4.99 Å². The Morgan fingerprint density at radius 3 is 2.64 bits per heavy atom. The Kier molecular flexibility index (Phi) is 8.15. The molecule has 0 radical (unpaired) electrons. The maximum absolute atomic E-state index is 14.0. The number of hydrogen-bond donors (Lipinski definition) is 0. The first-order valence-corrected chi connectivity index (χ1v) is 14.4. The molecule has 2 aromatic heterocycles. The molecule has 0 spiro atoms. The number of para-hydroxylation sites is 1. The summed E-state index contributed by atoms with van der Waals surface area (Å²) in [5, 5.41) is 11.8. The number of furan rings is 1. The Hall–Kier alpha value is -4.48. The standard InChI is InChI=1S/C30H27ClN4O6S/c1-5-33(6-2)29(37)26-17(3)32-30-34(27(26)21-9-7-8-10-23(21)40-4)28(36)25(42-30)16-19-12-14-24(41-19)20-13-11-18(31)15-22(20)35(38)39/h7-16,27H,5-6H2,1-4H3/b25-16+/t27-/m0/s1. The maximum Gasteiger partial charge on any atom is 0.281 e. The number of benzene rings is 2. The van der Waals surface area contributed by atoms with Gasteiger partial charge in [-0.1, -0.05) is 41.1 Å². The zero-order valence-corrected chi connectivity index (χ0v) is 24.9. The average molecular weight is 607 g/mol. The predicted octanol–water partition coefficient (Wildman–Crippen LogP) is 4.93. The van der Waals surface area contributed by atoms with Gasteiger partial charge in [0.15, 0.2) is 4.80 Å². The molecule has 1 aliphatic heterocycles. The third kappa shape index (κ3) is 5.17. The molecule has 4 aromatic rings. The molecule has 1 amide bonds. The lowest BCUT2D eigenvalue weighted by atomic mass is 9.94. The van der Waals surface area contributed by atoms with Crippen LogP contribution in [0.5, 0.6) is 5.75 Å². The molecule has 3 heterocycles. The van der Waals surface area contributed by atoms with Crippen molar-refractivity contribution in [1.82, 2.24) is 9.47 Å². The van der Waals surface area contributed by atoms with Gasteiger partial charge in [-0.2, -0.15) is 0 Å². The number of halogens is 1. The van der Waals surface area contributed by atoms with E-state index in [0.717, 1.165) is 11.3 Å². The van der Waals surface area contributed by atoms with E-state index in [4.69, 9.17) is 20.8 Å². The van der Waals surface area contributed by atoms with Crippen molar-refractivity contribution in [3.8, 4) is 17.1 Å². The molecule has 0 saturated carbocycles. The molecule has 2 aromatic carbocycles. The number of nitro groups is 1. The molecule has 0 bridgehead atoms. The summed E-state index contributed by atoms with van der Waals surface area (Å²) in [4.78, 5) is 45.6. The minimum absolute atomic E-state index is 0.194. The molecule has 0 N–H and O–H groups in total. The van der Waals surface area contributed by atoms with E-state index < -0.39 is 11.0 Å². The van der Waals surface area contributed by atoms with E-state index in [1.54, 1.807) is 49.3 Å². The second-order valence-electron chi connectivity index (χ2n) is 9.42. The Labute approximate surface area is 249 Å². The fourth-order valence-electron chi connectivity index (χ4n) is 5.03. The van der Waals surface area contributed by atoms with Gasteiger partial charge in [0, 0.05) is 35.8 Å². The maximum atomic E-state index is 14.0. The predicted molar refractivity (Wildman–Crippen MR) is 160 cm³/mol. The summed E-state index contributed by atoms with van der Waals surface area (Å²) in [6, 6.07) is 14.1. The van der Waals surface area contributed by atoms with Crippen molar-refractivity contribution in [1.29, 1.82) is 0 Å². The van der Waals surface area contributed by atoms with Crippen molar-refractivity contribution in [2.75, 3.05) is 20.2 Å². The van der Waals surface area contributed by atoms with Crippen LogP contribution in [0.3, 0.4) is 0 Å². The first-order valence-electron chi connectivity index (χ1n) is 13.2. The molecule has 216 valence electrons. The molecule has 1 aliphatic rings. The molecule has 0 fully saturated rings. The van der Waals surface area contributed by atoms with E-state index in [1.165, 1.54) is 16.7 Å². The summed E-state index contributed by atoms with van der Waals surface area (Å²) in [7, 11) is 1.55. The number of nitrogens with zero attached hydrogens (tertiary/aromatic N) is 4. The van der Waals surface area contributed by atoms with Gasteiger partial charge in [0.05, 0.1) is 33.4 Å². The first-order chi connectivity index (χ1) is 20.2. The molecule has 10 nitrogen and oxygen atoms in total. The summed E-state index contributed by atoms with van der Waals surface area (Å²) in [5.74, 6) is 0.916. The number of likely N-dealkylation sites (N-methyl/N-ethyl adjacent to an activating group) is 1. The van der Waals surface area contributed by atoms with Crippen LogP contribution in [0.4, 0.5) is 5.69 Å². The Bertz CT molecular complexity index is 1920. The lowest BCUT2D eigenvalue weighted by Gasteiger charge is -2.29. The second-order valence-corrected chi connectivity index (χ2v) is 10.9. The zero-order chi connectivity index (χ0) is 30.1. The summed E-state index contributed by atoms with van der Waals surface area (Å²) in [5.41, 5.74) is 1.29. The lowest BCUT2D eigenvalue weighted by Crippen LogP contribution is -2.43. The highest BCUT2D eigenvalue weighted by Crippen LogP contribution is 2.36. The van der Waals surface area contributed by atoms with Gasteiger partial charge in [0.2, 0.25) is 0 Å². The summed E-state index contributed by atoms with van der Waals surface area (Å²) in [6.07, 6.45) is 1.57. The number of methoxy groups -OCH3 is 1. The fourth-order valence-corrected chi connectivity index (χ4v) is 6.22. The third-order valence-corrected chi connectivity index (χ3v) is 8.28. The molecular formula is C30H27ClN4O6S. The van der Waals surface area contributed by atoms with Gasteiger partial charge in [0.25, 0.3) is 17.2 Å². The van der Waals surface area contributed by atoms with Gasteiger partial charge in [-0.3, -0.25) is 24.3 Å². The van der Waals surface area contributed by atoms with Crippen LogP contribution >= 0.6 is 22.9 Å². The molecule has 0 aliphatic carbocycles. The summed E-state index contributed by atoms with van der Waals surface area (Å²) in [6.45, 7) is 6.58. The summed E-state index contributed by atoms with van der Waals surface area (Å²) >= 11 is 7.12. The fraction of sp³-hybridized carbons (Fsp3) is 0.233. The van der Waals surface area contributed by atoms with Crippen LogP contribution in [-0.4, -0.2) is 40.5 Å². The highest BCUT2D eigenvalue weighted by molar-refractivity contribution is 7.07. The van der Waals surface area contributed by atoms with Crippen LogP contribution in [0.1, 0.15) is 38.1 Å². The minimum Gasteiger partial charge on any atom is -0.496 e. The van der Waals surface area contributed by atoms with Crippen molar-refractivity contribution in [3.63, 3.8) is 0 Å². The first kappa shape index (κ1) is 29.0. The normalized spacial score (nSPS) is 14.9. The van der Waals surface area contributed by atoms with Gasteiger partial charge in [-0.05, 0) is 51.1 Å². The molecule has 1 atom stereocenters. The number of ether oxygens (including phenoxy) is 1. The van der Waals surface area contributed by atoms with Crippen molar-refractivity contribution in [3.05, 3.63) is 112 Å². The van der Waals surface area contributed by atoms with E-state index in [1.807, 2.05) is 32.0 Å². The minimum atomic E-state index is -0.767. The average Bonchev–Trinajstić information content (AvgIpc) is 3.56. The topological polar surface area (TPSA) is 120 Å². The number of carbonyl (C=O) groups excluding carboxylic acids is 1. The number of nitro benzene ring substituents is 1. The smallest absolute Gasteiger partial charge is 0.281 e. The van der Waals surface area contributed by atoms with Crippen LogP contribution < -0.4 is 19.6 Å². The monoisotopic (exact) mass is 606 g/mol. The molecule has 42 heavy (non-hydrogen) atoms. The SMILES string of the molecule is CCN(CC)C(=O)C1=C(C)N=c2s/c(=C/c3ccc(-c4ccc(Cl)cc4[N+](=O)[O-])o3)c(=O)n2[C@H]1c1ccccc1OC. The Morgan fingerprint density at radius 1 is 1.21 bits per heavy atom. The highest BCUT2D eigenvalue weighted by atomic mass is 35.5. The van der Waals surface area contributed by atoms with Crippen molar-refractivity contribution < 1.29 is 18.9 Å². The number of allylic oxidation sites excluding steroid dienone is 1. The van der Waals surface area contributed by atoms with Crippen LogP contribution in [0.2, 0.25) is 5.02 Å². The molecular weight excluding hydrogens is 580 g/mol. The highest BCUT2D eigenvalue weighted by Gasteiger charge is 2.35. The van der Waals surface area contributed by atoms with Gasteiger partial charge >= 0.3 is 0 Å². The lowest BCUT2D eigenvalue weighted by molar-refractivity contribution is -0.384. The molecule has 12 heteroatoms. The number of aromatic nitrogens is 1. The Balaban J connectivity index is 1.67. The van der Waals surface area contributed by atoms with Crippen LogP contribution in [0.15, 0.2) is 80.1 Å². The van der Waals surface area contributed by atoms with E-state index in [9.17, 15) is 19.7 Å². The third-order valence-electron chi connectivity index (χ3n) is 7.06. The van der Waals surface area contributed by atoms with Gasteiger partial charge in [-0.25, -0.2) is 4.99 Å². The van der Waals surface area contributed by atoms with Gasteiger partial charge in [0.1, 0.15) is 23.3 Å². The number of fused-ring (bicyclic) bond motifs is 1. The molecule has 0 unspecified atom stereocenters. The van der Waals surface area contributed by atoms with Crippen LogP contribution in [-0.2, 0) is 4.79 Å². The number of rotatable bonds is 8. The van der Waals surface area contributed by atoms with Crippen molar-refractivity contribution >= 4 is 40.6 Å². The second kappa shape index (κ2) is 11.8. The zero-order valence-electron chi connectivity index (χ0n) is 23.3. The quantitative estimate of drug-likeness (QED) is 0.207. The Morgan fingerprint density at radius 2 is 1.95 bits per heavy atom. The molecule has 5 rings (SSSR count). The van der Waals surface area contributed by atoms with Gasteiger partial charge < -0.3 is 14.1 Å². The van der Waals surface area contributed by atoms with E-state index in [0.29, 0.717) is 50.8 Å². The number of thiazole rings is 1. The largest absolute Gasteiger partial charge is 0.496 e. The number of carbonyl (C=O) groups is 1. The van der Waals surface area contributed by atoms with Gasteiger partial charge in [-0.15, -0.1) is 0 Å². The number of hydrogen-bond acceptors (Lipinski definition) is 8. The van der Waals surface area contributed by atoms with Crippen LogP contribution in [0.25, 0.3) is 17.4 Å². The van der Waals surface area contributed by atoms with E-state index in [-0.39, 0.29) is 33.5 Å². The molecule has 0 saturated heterocycles. The summed E-state index contributed by atoms with van der Waals surface area (Å²) < 4.78 is 13.4.